The van der Waals surface area contributed by atoms with E-state index in [1.165, 1.54) is 6.20 Å². The normalized spacial score (nSPS) is 19.2. The minimum Gasteiger partial charge on any atom is -0.381 e. The Morgan fingerprint density at radius 3 is 2.76 bits per heavy atom. The summed E-state index contributed by atoms with van der Waals surface area (Å²) in [4.78, 5) is 30.0. The van der Waals surface area contributed by atoms with E-state index < -0.39 is 0 Å². The summed E-state index contributed by atoms with van der Waals surface area (Å²) < 4.78 is 7.09. The van der Waals surface area contributed by atoms with Gasteiger partial charge in [-0.2, -0.15) is 5.10 Å². The summed E-state index contributed by atoms with van der Waals surface area (Å²) >= 11 is 0. The van der Waals surface area contributed by atoms with Gasteiger partial charge in [0.25, 0.3) is 11.8 Å². The van der Waals surface area contributed by atoms with Crippen molar-refractivity contribution in [3.63, 3.8) is 0 Å². The Labute approximate surface area is 167 Å². The van der Waals surface area contributed by atoms with E-state index in [9.17, 15) is 9.59 Å². The Morgan fingerprint density at radius 1 is 1.21 bits per heavy atom. The number of methoxy groups -OCH3 is 1. The molecule has 29 heavy (non-hydrogen) atoms. The third kappa shape index (κ3) is 3.86. The number of hydrogen-bond acceptors (Lipinski definition) is 5. The summed E-state index contributed by atoms with van der Waals surface area (Å²) in [5, 5.41) is 12.4. The number of imidazole rings is 1. The molecule has 3 heterocycles. The van der Waals surface area contributed by atoms with Crippen molar-refractivity contribution in [1.82, 2.24) is 24.9 Å². The lowest BCUT2D eigenvalue weighted by molar-refractivity contribution is 0.0598. The molecule has 0 aromatic carbocycles. The number of hydrogen-bond donors (Lipinski definition) is 3. The molecule has 0 saturated heterocycles. The number of fused-ring (bicyclic) bond motifs is 1. The van der Waals surface area contributed by atoms with Gasteiger partial charge in [0.1, 0.15) is 17.0 Å². The third-order valence-corrected chi connectivity index (χ3v) is 5.38. The van der Waals surface area contributed by atoms with Crippen molar-refractivity contribution in [3.8, 4) is 0 Å². The Balaban J connectivity index is 1.47. The molecule has 0 radical (unpaired) electrons. The summed E-state index contributed by atoms with van der Waals surface area (Å²) in [6.45, 7) is 1.78. The zero-order valence-corrected chi connectivity index (χ0v) is 16.4. The van der Waals surface area contributed by atoms with Gasteiger partial charge in [-0.3, -0.25) is 19.1 Å². The van der Waals surface area contributed by atoms with Gasteiger partial charge in [0, 0.05) is 19.3 Å². The summed E-state index contributed by atoms with van der Waals surface area (Å²) in [7, 11) is 1.72. The Kier molecular flexibility index (Phi) is 5.30. The second kappa shape index (κ2) is 8.04. The second-order valence-corrected chi connectivity index (χ2v) is 7.27. The number of aromatic nitrogens is 4. The number of pyridine rings is 1. The maximum atomic E-state index is 12.9. The summed E-state index contributed by atoms with van der Waals surface area (Å²) in [5.41, 5.74) is 2.29. The molecule has 2 amide bonds. The first-order valence-corrected chi connectivity index (χ1v) is 9.69. The number of rotatable bonds is 5. The Bertz CT molecular complexity index is 1030. The SMILES string of the molecule is COC1CCC(NC(=O)c2[nH]ncc2NC(=O)c2c(C)nc3ccccn23)CC1. The number of nitrogens with zero attached hydrogens (tertiary/aromatic N) is 3. The van der Waals surface area contributed by atoms with Crippen molar-refractivity contribution in [2.75, 3.05) is 12.4 Å². The van der Waals surface area contributed by atoms with Crippen LogP contribution in [0, 0.1) is 6.92 Å². The highest BCUT2D eigenvalue weighted by Crippen LogP contribution is 2.22. The van der Waals surface area contributed by atoms with E-state index >= 15 is 0 Å². The smallest absolute Gasteiger partial charge is 0.274 e. The predicted molar refractivity (Wildman–Crippen MR) is 107 cm³/mol. The maximum Gasteiger partial charge on any atom is 0.274 e. The molecule has 1 aliphatic carbocycles. The van der Waals surface area contributed by atoms with Crippen molar-refractivity contribution in [3.05, 3.63) is 47.7 Å². The second-order valence-electron chi connectivity index (χ2n) is 7.27. The van der Waals surface area contributed by atoms with Crippen molar-refractivity contribution in [2.45, 2.75) is 44.8 Å². The molecule has 3 aromatic rings. The van der Waals surface area contributed by atoms with Crippen LogP contribution in [0.25, 0.3) is 5.65 Å². The van der Waals surface area contributed by atoms with Crippen molar-refractivity contribution >= 4 is 23.1 Å². The van der Waals surface area contributed by atoms with Crippen LogP contribution in [-0.2, 0) is 4.74 Å². The fourth-order valence-corrected chi connectivity index (χ4v) is 3.82. The minimum absolute atomic E-state index is 0.0850. The van der Waals surface area contributed by atoms with Gasteiger partial charge in [0.05, 0.1) is 23.7 Å². The molecule has 1 saturated carbocycles. The molecule has 1 aliphatic rings. The summed E-state index contributed by atoms with van der Waals surface area (Å²) in [6.07, 6.45) is 7.04. The lowest BCUT2D eigenvalue weighted by atomic mass is 9.93. The fraction of sp³-hybridized carbons (Fsp3) is 0.400. The molecule has 0 unspecified atom stereocenters. The molecule has 9 heteroatoms. The number of H-pyrrole nitrogens is 1. The van der Waals surface area contributed by atoms with E-state index in [1.54, 1.807) is 24.6 Å². The summed E-state index contributed by atoms with van der Waals surface area (Å²) in [6, 6.07) is 5.61. The molecule has 0 spiro atoms. The van der Waals surface area contributed by atoms with Crippen LogP contribution < -0.4 is 10.6 Å². The molecule has 3 aromatic heterocycles. The van der Waals surface area contributed by atoms with E-state index in [-0.39, 0.29) is 29.7 Å². The number of aryl methyl sites for hydroxylation is 1. The van der Waals surface area contributed by atoms with Gasteiger partial charge in [-0.05, 0) is 44.7 Å². The maximum absolute atomic E-state index is 12.9. The first-order valence-electron chi connectivity index (χ1n) is 9.69. The first-order chi connectivity index (χ1) is 14.1. The molecule has 152 valence electrons. The number of aromatic amines is 1. The molecule has 0 atom stereocenters. The largest absolute Gasteiger partial charge is 0.381 e. The highest BCUT2D eigenvalue weighted by molar-refractivity contribution is 6.08. The molecule has 4 rings (SSSR count). The average Bonchev–Trinajstić information content (AvgIpc) is 3.31. The van der Waals surface area contributed by atoms with Gasteiger partial charge in [0.15, 0.2) is 0 Å². The van der Waals surface area contributed by atoms with Gasteiger partial charge in [0.2, 0.25) is 0 Å². The highest BCUT2D eigenvalue weighted by atomic mass is 16.5. The van der Waals surface area contributed by atoms with Crippen molar-refractivity contribution < 1.29 is 14.3 Å². The quantitative estimate of drug-likeness (QED) is 0.612. The average molecular weight is 396 g/mol. The van der Waals surface area contributed by atoms with E-state index in [0.717, 1.165) is 25.7 Å². The van der Waals surface area contributed by atoms with Crippen LogP contribution in [0.2, 0.25) is 0 Å². The van der Waals surface area contributed by atoms with Gasteiger partial charge in [-0.25, -0.2) is 4.98 Å². The van der Waals surface area contributed by atoms with Gasteiger partial charge in [-0.15, -0.1) is 0 Å². The molecule has 0 aliphatic heterocycles. The molecule has 1 fully saturated rings. The lowest BCUT2D eigenvalue weighted by Crippen LogP contribution is -2.39. The Hall–Kier alpha value is -3.20. The molecular weight excluding hydrogens is 372 g/mol. The van der Waals surface area contributed by atoms with E-state index in [1.807, 2.05) is 18.2 Å². The van der Waals surface area contributed by atoms with Crippen molar-refractivity contribution in [2.24, 2.45) is 0 Å². The standard InChI is InChI=1S/C20H24N6O3/c1-12-18(26-10-4-3-5-16(26)22-12)20(28)24-15-11-21-25-17(15)19(27)23-13-6-8-14(29-2)9-7-13/h3-5,10-11,13-14H,6-9H2,1-2H3,(H,21,25)(H,23,27)(H,24,28). The van der Waals surface area contributed by atoms with Crippen LogP contribution in [-0.4, -0.2) is 50.7 Å². The van der Waals surface area contributed by atoms with E-state index in [2.05, 4.69) is 25.8 Å². The zero-order valence-electron chi connectivity index (χ0n) is 16.4. The van der Waals surface area contributed by atoms with Crippen LogP contribution in [0.3, 0.4) is 0 Å². The predicted octanol–water partition coefficient (Wildman–Crippen LogP) is 2.31. The van der Waals surface area contributed by atoms with E-state index in [4.69, 9.17) is 4.74 Å². The highest BCUT2D eigenvalue weighted by Gasteiger charge is 2.25. The minimum atomic E-state index is -0.350. The topological polar surface area (TPSA) is 113 Å². The molecular formula is C20H24N6O3. The Morgan fingerprint density at radius 2 is 2.00 bits per heavy atom. The fourth-order valence-electron chi connectivity index (χ4n) is 3.82. The van der Waals surface area contributed by atoms with Gasteiger partial charge in [-0.1, -0.05) is 6.07 Å². The number of anilines is 1. The first kappa shape index (κ1) is 19.1. The van der Waals surface area contributed by atoms with E-state index in [0.29, 0.717) is 22.7 Å². The number of carbonyl (C=O) groups excluding carboxylic acids is 2. The van der Waals surface area contributed by atoms with Crippen LogP contribution in [0.4, 0.5) is 5.69 Å². The molecule has 9 nitrogen and oxygen atoms in total. The molecule has 3 N–H and O–H groups in total. The third-order valence-electron chi connectivity index (χ3n) is 5.38. The van der Waals surface area contributed by atoms with Crippen LogP contribution in [0.5, 0.6) is 0 Å². The van der Waals surface area contributed by atoms with Gasteiger partial charge < -0.3 is 15.4 Å². The number of nitrogens with one attached hydrogen (secondary N) is 3. The van der Waals surface area contributed by atoms with Crippen LogP contribution in [0.1, 0.15) is 52.4 Å². The number of amides is 2. The van der Waals surface area contributed by atoms with Crippen LogP contribution >= 0.6 is 0 Å². The summed E-state index contributed by atoms with van der Waals surface area (Å²) in [5.74, 6) is -0.634. The zero-order chi connectivity index (χ0) is 20.4. The number of carbonyl (C=O) groups is 2. The molecule has 0 bridgehead atoms. The van der Waals surface area contributed by atoms with Crippen molar-refractivity contribution in [1.29, 1.82) is 0 Å². The number of ether oxygens (including phenoxy) is 1. The van der Waals surface area contributed by atoms with Crippen LogP contribution in [0.15, 0.2) is 30.6 Å². The lowest BCUT2D eigenvalue weighted by Gasteiger charge is -2.28. The monoisotopic (exact) mass is 396 g/mol. The van der Waals surface area contributed by atoms with Gasteiger partial charge >= 0.3 is 0 Å².